The van der Waals surface area contributed by atoms with Crippen LogP contribution in [0.15, 0.2) is 53.7 Å². The number of ether oxygens (including phenoxy) is 2. The van der Waals surface area contributed by atoms with Gasteiger partial charge < -0.3 is 14.4 Å². The van der Waals surface area contributed by atoms with Crippen molar-refractivity contribution < 1.29 is 14.3 Å². The number of hydrogen-bond acceptors (Lipinski definition) is 6. The lowest BCUT2D eigenvalue weighted by atomic mass is 10.0. The molecule has 0 saturated carbocycles. The van der Waals surface area contributed by atoms with E-state index in [1.54, 1.807) is 4.68 Å². The number of carbonyl (C=O) groups is 1. The van der Waals surface area contributed by atoms with Crippen LogP contribution in [0, 0.1) is 13.8 Å². The molecule has 1 atom stereocenters. The maximum absolute atomic E-state index is 13.4. The summed E-state index contributed by atoms with van der Waals surface area (Å²) in [5.74, 6) is 1.35. The predicted octanol–water partition coefficient (Wildman–Crippen LogP) is 3.72. The number of benzene rings is 2. The molecule has 6 rings (SSSR count). The number of nitrogens with zero attached hydrogens (tertiary/aromatic N) is 5. The van der Waals surface area contributed by atoms with Crippen LogP contribution in [-0.4, -0.2) is 49.9 Å². The van der Waals surface area contributed by atoms with Crippen LogP contribution in [0.4, 0.5) is 0 Å². The predicted molar refractivity (Wildman–Crippen MR) is 138 cm³/mol. The van der Waals surface area contributed by atoms with E-state index in [1.165, 1.54) is 17.1 Å². The van der Waals surface area contributed by atoms with Gasteiger partial charge >= 0.3 is 0 Å². The van der Waals surface area contributed by atoms with Gasteiger partial charge in [-0.25, -0.2) is 9.67 Å². The summed E-state index contributed by atoms with van der Waals surface area (Å²) in [6.45, 7) is 5.86. The first-order valence-electron chi connectivity index (χ1n) is 12.7. The van der Waals surface area contributed by atoms with Crippen LogP contribution in [0.5, 0.6) is 11.5 Å². The van der Waals surface area contributed by atoms with Crippen molar-refractivity contribution in [2.24, 2.45) is 0 Å². The van der Waals surface area contributed by atoms with Gasteiger partial charge in [0, 0.05) is 13.0 Å². The van der Waals surface area contributed by atoms with E-state index < -0.39 is 0 Å². The van der Waals surface area contributed by atoms with Crippen LogP contribution < -0.4 is 15.0 Å². The summed E-state index contributed by atoms with van der Waals surface area (Å²) in [5, 5.41) is 4.81. The molecule has 9 heteroatoms. The van der Waals surface area contributed by atoms with Crippen molar-refractivity contribution in [1.82, 2.24) is 24.2 Å². The van der Waals surface area contributed by atoms with Gasteiger partial charge in [-0.15, -0.1) is 0 Å². The van der Waals surface area contributed by atoms with Crippen molar-refractivity contribution in [1.29, 1.82) is 0 Å². The Morgan fingerprint density at radius 2 is 1.81 bits per heavy atom. The number of aromatic nitrogens is 4. The molecule has 0 bridgehead atoms. The van der Waals surface area contributed by atoms with E-state index in [2.05, 4.69) is 16.1 Å². The Kier molecular flexibility index (Phi) is 5.90. The molecule has 1 fully saturated rings. The van der Waals surface area contributed by atoms with E-state index in [0.29, 0.717) is 30.8 Å². The van der Waals surface area contributed by atoms with Crippen LogP contribution in [0.2, 0.25) is 0 Å². The second-order valence-corrected chi connectivity index (χ2v) is 9.82. The third-order valence-electron chi connectivity index (χ3n) is 7.04. The SMILES string of the molecule is Cc1cc(C)cc(-n2ncc3c(=O)n(CC(=O)N4CCC[C@@H]4c4ccc5c(c4)OCCCO5)cnc32)c1. The quantitative estimate of drug-likeness (QED) is 0.425. The maximum Gasteiger partial charge on any atom is 0.264 e. The minimum Gasteiger partial charge on any atom is -0.490 e. The average Bonchev–Trinajstić information content (AvgIpc) is 3.47. The topological polar surface area (TPSA) is 91.5 Å². The maximum atomic E-state index is 13.4. The average molecular weight is 500 g/mol. The molecule has 2 aromatic heterocycles. The van der Waals surface area contributed by atoms with Gasteiger partial charge in [0.25, 0.3) is 5.56 Å². The van der Waals surface area contributed by atoms with E-state index in [9.17, 15) is 9.59 Å². The number of aryl methyl sites for hydroxylation is 2. The van der Waals surface area contributed by atoms with Gasteiger partial charge in [-0.2, -0.15) is 5.10 Å². The van der Waals surface area contributed by atoms with Crippen LogP contribution >= 0.6 is 0 Å². The van der Waals surface area contributed by atoms with Crippen molar-refractivity contribution >= 4 is 16.9 Å². The monoisotopic (exact) mass is 499 g/mol. The summed E-state index contributed by atoms with van der Waals surface area (Å²) >= 11 is 0. The smallest absolute Gasteiger partial charge is 0.264 e. The van der Waals surface area contributed by atoms with E-state index in [1.807, 2.05) is 49.1 Å². The molecule has 0 radical (unpaired) electrons. The molecule has 190 valence electrons. The normalized spacial score (nSPS) is 17.2. The highest BCUT2D eigenvalue weighted by Gasteiger charge is 2.31. The van der Waals surface area contributed by atoms with Crippen molar-refractivity contribution in [2.75, 3.05) is 19.8 Å². The second-order valence-electron chi connectivity index (χ2n) is 9.82. The fraction of sp³-hybridized carbons (Fsp3) is 0.357. The second kappa shape index (κ2) is 9.38. The first kappa shape index (κ1) is 23.3. The Morgan fingerprint density at radius 1 is 1.03 bits per heavy atom. The highest BCUT2D eigenvalue weighted by molar-refractivity contribution is 5.78. The van der Waals surface area contributed by atoms with E-state index in [4.69, 9.17) is 9.47 Å². The summed E-state index contributed by atoms with van der Waals surface area (Å²) in [5.41, 5.74) is 4.27. The number of likely N-dealkylation sites (tertiary alicyclic amines) is 1. The minimum absolute atomic E-state index is 0.0654. The molecule has 0 aliphatic carbocycles. The zero-order chi connectivity index (χ0) is 25.5. The van der Waals surface area contributed by atoms with Gasteiger partial charge in [0.2, 0.25) is 5.91 Å². The number of amides is 1. The summed E-state index contributed by atoms with van der Waals surface area (Å²) < 4.78 is 14.7. The van der Waals surface area contributed by atoms with Gasteiger partial charge in [0.05, 0.1) is 31.1 Å². The molecule has 4 aromatic rings. The Bertz CT molecular complexity index is 1540. The number of fused-ring (bicyclic) bond motifs is 2. The number of hydrogen-bond donors (Lipinski definition) is 0. The Morgan fingerprint density at radius 3 is 2.62 bits per heavy atom. The summed E-state index contributed by atoms with van der Waals surface area (Å²) in [6, 6.07) is 11.9. The van der Waals surface area contributed by atoms with Gasteiger partial charge in [0.1, 0.15) is 18.3 Å². The van der Waals surface area contributed by atoms with Crippen molar-refractivity contribution in [3.05, 3.63) is 76.0 Å². The molecule has 9 nitrogen and oxygen atoms in total. The van der Waals surface area contributed by atoms with Crippen molar-refractivity contribution in [3.63, 3.8) is 0 Å². The lowest BCUT2D eigenvalue weighted by Crippen LogP contribution is -2.36. The van der Waals surface area contributed by atoms with Gasteiger partial charge in [-0.3, -0.25) is 14.2 Å². The largest absolute Gasteiger partial charge is 0.490 e. The lowest BCUT2D eigenvalue weighted by Gasteiger charge is -2.26. The van der Waals surface area contributed by atoms with Gasteiger partial charge in [0.15, 0.2) is 17.1 Å². The summed E-state index contributed by atoms with van der Waals surface area (Å²) in [7, 11) is 0. The molecule has 0 spiro atoms. The Balaban J connectivity index is 1.25. The molecule has 37 heavy (non-hydrogen) atoms. The van der Waals surface area contributed by atoms with Crippen molar-refractivity contribution in [2.45, 2.75) is 45.7 Å². The van der Waals surface area contributed by atoms with Crippen LogP contribution in [0.3, 0.4) is 0 Å². The third-order valence-corrected chi connectivity index (χ3v) is 7.04. The van der Waals surface area contributed by atoms with Gasteiger partial charge in [-0.1, -0.05) is 12.1 Å². The molecule has 1 saturated heterocycles. The molecule has 2 aliphatic rings. The zero-order valence-corrected chi connectivity index (χ0v) is 21.0. The highest BCUT2D eigenvalue weighted by Crippen LogP contribution is 2.38. The molecule has 0 unspecified atom stereocenters. The molecule has 4 heterocycles. The molecular weight excluding hydrogens is 470 g/mol. The highest BCUT2D eigenvalue weighted by atomic mass is 16.5. The van der Waals surface area contributed by atoms with E-state index >= 15 is 0 Å². The molecule has 2 aliphatic heterocycles. The zero-order valence-electron chi connectivity index (χ0n) is 21.0. The molecule has 0 N–H and O–H groups in total. The Hall–Kier alpha value is -4.14. The van der Waals surface area contributed by atoms with Crippen LogP contribution in [0.1, 0.15) is 42.0 Å². The lowest BCUT2D eigenvalue weighted by molar-refractivity contribution is -0.132. The van der Waals surface area contributed by atoms with Crippen LogP contribution in [0.25, 0.3) is 16.7 Å². The molecule has 1 amide bonds. The third kappa shape index (κ3) is 4.34. The first-order chi connectivity index (χ1) is 18.0. The Labute approximate surface area is 214 Å². The van der Waals surface area contributed by atoms with Crippen LogP contribution in [-0.2, 0) is 11.3 Å². The fourth-order valence-corrected chi connectivity index (χ4v) is 5.36. The summed E-state index contributed by atoms with van der Waals surface area (Å²) in [6.07, 6.45) is 5.58. The van der Waals surface area contributed by atoms with E-state index in [-0.39, 0.29) is 24.1 Å². The number of rotatable bonds is 4. The first-order valence-corrected chi connectivity index (χ1v) is 12.7. The minimum atomic E-state index is -0.277. The van der Waals surface area contributed by atoms with Crippen molar-refractivity contribution in [3.8, 4) is 17.2 Å². The van der Waals surface area contributed by atoms with Gasteiger partial charge in [-0.05, 0) is 67.6 Å². The summed E-state index contributed by atoms with van der Waals surface area (Å²) in [4.78, 5) is 33.0. The molecule has 2 aromatic carbocycles. The fourth-order valence-electron chi connectivity index (χ4n) is 5.36. The number of carbonyl (C=O) groups excluding carboxylic acids is 1. The molecular formula is C28H29N5O4. The van der Waals surface area contributed by atoms with E-state index in [0.717, 1.165) is 53.1 Å². The standard InChI is InChI=1S/C28H29N5O4/c1-18-11-19(2)13-21(12-18)33-27-22(15-30-33)28(35)31(17-29-27)16-26(34)32-8-3-5-23(32)20-6-7-24-25(14-20)37-10-4-9-36-24/h6-7,11-15,17,23H,3-5,8-10,16H2,1-2H3/t23-/m1/s1.